The molecule has 0 aliphatic rings. The molecule has 1 aromatic heterocycles. The molecule has 0 aliphatic heterocycles. The Labute approximate surface area is 119 Å². The summed E-state index contributed by atoms with van der Waals surface area (Å²) in [5, 5.41) is 9.16. The third-order valence-electron chi connectivity index (χ3n) is 3.21. The molecule has 1 heterocycles. The van der Waals surface area contributed by atoms with Crippen molar-refractivity contribution in [3.05, 3.63) is 23.4 Å². The fraction of sp³-hybridized carbons (Fsp3) is 0.571. The molecule has 1 unspecified atom stereocenters. The Kier molecular flexibility index (Phi) is 6.15. The van der Waals surface area contributed by atoms with Crippen LogP contribution in [0.1, 0.15) is 36.3 Å². The van der Waals surface area contributed by atoms with Crippen molar-refractivity contribution in [1.29, 1.82) is 0 Å². The average molecular weight is 282 g/mol. The van der Waals surface area contributed by atoms with Gasteiger partial charge in [-0.3, -0.25) is 0 Å². The maximum Gasteiger partial charge on any atom is 0.335 e. The lowest BCUT2D eigenvalue weighted by Crippen LogP contribution is -2.34. The van der Waals surface area contributed by atoms with Crippen LogP contribution in [0.15, 0.2) is 12.1 Å². The molecule has 1 N–H and O–H groups in total. The van der Waals surface area contributed by atoms with Gasteiger partial charge in [0.05, 0.1) is 5.56 Å². The van der Waals surface area contributed by atoms with Crippen molar-refractivity contribution in [3.63, 3.8) is 0 Å². The van der Waals surface area contributed by atoms with Crippen molar-refractivity contribution >= 4 is 23.5 Å². The van der Waals surface area contributed by atoms with Gasteiger partial charge in [0.25, 0.3) is 0 Å². The van der Waals surface area contributed by atoms with E-state index in [4.69, 9.17) is 5.11 Å². The Morgan fingerprint density at radius 2 is 2.16 bits per heavy atom. The number of hydrogen-bond acceptors (Lipinski definition) is 4. The minimum Gasteiger partial charge on any atom is -0.478 e. The highest BCUT2D eigenvalue weighted by Crippen LogP contribution is 2.19. The zero-order valence-electron chi connectivity index (χ0n) is 12.0. The van der Waals surface area contributed by atoms with E-state index in [-0.39, 0.29) is 0 Å². The van der Waals surface area contributed by atoms with Crippen molar-refractivity contribution < 1.29 is 9.90 Å². The summed E-state index contributed by atoms with van der Waals surface area (Å²) < 4.78 is 0. The second kappa shape index (κ2) is 7.38. The lowest BCUT2D eigenvalue weighted by molar-refractivity contribution is 0.0696. The van der Waals surface area contributed by atoms with Gasteiger partial charge in [-0.1, -0.05) is 13.8 Å². The van der Waals surface area contributed by atoms with Crippen LogP contribution in [0.4, 0.5) is 5.82 Å². The van der Waals surface area contributed by atoms with Crippen molar-refractivity contribution in [3.8, 4) is 0 Å². The molecule has 0 amide bonds. The molecule has 1 aromatic rings. The van der Waals surface area contributed by atoms with Crippen LogP contribution in [0.2, 0.25) is 0 Å². The number of carboxylic acid groups (broad SMARTS) is 1. The predicted molar refractivity (Wildman–Crippen MR) is 81.4 cm³/mol. The van der Waals surface area contributed by atoms with Crippen LogP contribution in [0.3, 0.4) is 0 Å². The van der Waals surface area contributed by atoms with E-state index in [1.54, 1.807) is 23.9 Å². The summed E-state index contributed by atoms with van der Waals surface area (Å²) in [6, 6.07) is 3.68. The maximum absolute atomic E-state index is 11.2. The first-order valence-corrected chi connectivity index (χ1v) is 7.88. The second-order valence-electron chi connectivity index (χ2n) is 4.49. The summed E-state index contributed by atoms with van der Waals surface area (Å²) in [6.45, 7) is 4.12. The number of aromatic nitrogens is 1. The molecule has 0 saturated heterocycles. The second-order valence-corrected chi connectivity index (χ2v) is 5.40. The summed E-state index contributed by atoms with van der Waals surface area (Å²) in [7, 11) is 1.98. The van der Waals surface area contributed by atoms with Gasteiger partial charge in [0.1, 0.15) is 5.82 Å². The zero-order chi connectivity index (χ0) is 14.4. The van der Waals surface area contributed by atoms with Gasteiger partial charge in [0, 0.05) is 24.5 Å². The van der Waals surface area contributed by atoms with Gasteiger partial charge in [0.2, 0.25) is 0 Å². The van der Waals surface area contributed by atoms with E-state index in [0.29, 0.717) is 11.6 Å². The lowest BCUT2D eigenvalue weighted by atomic mass is 10.1. The van der Waals surface area contributed by atoms with Crippen molar-refractivity contribution in [2.24, 2.45) is 0 Å². The van der Waals surface area contributed by atoms with E-state index < -0.39 is 5.97 Å². The average Bonchev–Trinajstić information content (AvgIpc) is 2.43. The molecule has 1 rings (SSSR count). The summed E-state index contributed by atoms with van der Waals surface area (Å²) >= 11 is 1.79. The lowest BCUT2D eigenvalue weighted by Gasteiger charge is -2.28. The van der Waals surface area contributed by atoms with Gasteiger partial charge in [-0.25, -0.2) is 9.78 Å². The molecule has 0 fully saturated rings. The van der Waals surface area contributed by atoms with Gasteiger partial charge >= 0.3 is 5.97 Å². The molecule has 4 nitrogen and oxygen atoms in total. The number of aryl methyl sites for hydroxylation is 1. The molecule has 0 aliphatic carbocycles. The van der Waals surface area contributed by atoms with Crippen LogP contribution in [-0.4, -0.2) is 41.2 Å². The molecule has 5 heteroatoms. The molecule has 0 saturated carbocycles. The minimum absolute atomic E-state index is 0.313. The smallest absolute Gasteiger partial charge is 0.335 e. The Morgan fingerprint density at radius 3 is 2.63 bits per heavy atom. The first kappa shape index (κ1) is 15.8. The van der Waals surface area contributed by atoms with Gasteiger partial charge in [0.15, 0.2) is 0 Å². The highest BCUT2D eigenvalue weighted by molar-refractivity contribution is 7.98. The Morgan fingerprint density at radius 1 is 1.47 bits per heavy atom. The maximum atomic E-state index is 11.2. The summed E-state index contributed by atoms with van der Waals surface area (Å²) in [6.07, 6.45) is 3.83. The monoisotopic (exact) mass is 282 g/mol. The fourth-order valence-corrected chi connectivity index (χ4v) is 2.78. The van der Waals surface area contributed by atoms with Crippen molar-refractivity contribution in [2.75, 3.05) is 24.0 Å². The summed E-state index contributed by atoms with van der Waals surface area (Å²) in [4.78, 5) is 17.8. The number of hydrogen-bond donors (Lipinski definition) is 1. The molecule has 19 heavy (non-hydrogen) atoms. The fourth-order valence-electron chi connectivity index (χ4n) is 1.94. The number of thioether (sulfide) groups is 1. The number of rotatable bonds is 7. The standard InChI is InChI=1S/C14H22N2O2S/c1-5-11-7-10(14(17)18)8-13(15-11)16(3)12(6-2)9-19-4/h7-8,12H,5-6,9H2,1-4H3,(H,17,18). The predicted octanol–water partition coefficient (Wildman–Crippen LogP) is 2.92. The Balaban J connectivity index is 3.10. The van der Waals surface area contributed by atoms with E-state index in [2.05, 4.69) is 23.1 Å². The number of pyridine rings is 1. The van der Waals surface area contributed by atoms with Crippen LogP contribution in [0.25, 0.3) is 0 Å². The zero-order valence-corrected chi connectivity index (χ0v) is 12.8. The van der Waals surface area contributed by atoms with E-state index in [1.165, 1.54) is 0 Å². The molecule has 0 spiro atoms. The van der Waals surface area contributed by atoms with Gasteiger partial charge in [-0.15, -0.1) is 0 Å². The van der Waals surface area contributed by atoms with E-state index in [0.717, 1.165) is 30.1 Å². The summed E-state index contributed by atoms with van der Waals surface area (Å²) in [5.74, 6) is 0.857. The SMILES string of the molecule is CCc1cc(C(=O)O)cc(N(C)C(CC)CSC)n1. The molecule has 0 aromatic carbocycles. The van der Waals surface area contributed by atoms with E-state index in [9.17, 15) is 4.79 Å². The number of nitrogens with zero attached hydrogens (tertiary/aromatic N) is 2. The van der Waals surface area contributed by atoms with Crippen LogP contribution in [0, 0.1) is 0 Å². The molecule has 0 radical (unpaired) electrons. The minimum atomic E-state index is -0.898. The van der Waals surface area contributed by atoms with Crippen LogP contribution < -0.4 is 4.90 Å². The van der Waals surface area contributed by atoms with Crippen LogP contribution >= 0.6 is 11.8 Å². The Hall–Kier alpha value is -1.23. The van der Waals surface area contributed by atoms with E-state index in [1.807, 2.05) is 14.0 Å². The third-order valence-corrected chi connectivity index (χ3v) is 3.93. The molecular weight excluding hydrogens is 260 g/mol. The quantitative estimate of drug-likeness (QED) is 0.833. The van der Waals surface area contributed by atoms with Crippen LogP contribution in [0.5, 0.6) is 0 Å². The highest BCUT2D eigenvalue weighted by Gasteiger charge is 2.16. The normalized spacial score (nSPS) is 12.2. The summed E-state index contributed by atoms with van der Waals surface area (Å²) in [5.41, 5.74) is 1.13. The molecule has 0 bridgehead atoms. The molecular formula is C14H22N2O2S. The number of aromatic carboxylic acids is 1. The highest BCUT2D eigenvalue weighted by atomic mass is 32.2. The van der Waals surface area contributed by atoms with Crippen LogP contribution in [-0.2, 0) is 6.42 Å². The first-order valence-electron chi connectivity index (χ1n) is 6.49. The van der Waals surface area contributed by atoms with Crippen molar-refractivity contribution in [2.45, 2.75) is 32.7 Å². The van der Waals surface area contributed by atoms with E-state index >= 15 is 0 Å². The molecule has 1 atom stereocenters. The van der Waals surface area contributed by atoms with Crippen molar-refractivity contribution in [1.82, 2.24) is 4.98 Å². The number of carboxylic acids is 1. The molecule has 106 valence electrons. The number of carbonyl (C=O) groups is 1. The first-order chi connectivity index (χ1) is 9.03. The number of anilines is 1. The third kappa shape index (κ3) is 4.13. The topological polar surface area (TPSA) is 53.4 Å². The largest absolute Gasteiger partial charge is 0.478 e. The van der Waals surface area contributed by atoms with Gasteiger partial charge in [-0.05, 0) is 31.2 Å². The Bertz CT molecular complexity index is 437. The van der Waals surface area contributed by atoms with Gasteiger partial charge in [-0.2, -0.15) is 11.8 Å². The van der Waals surface area contributed by atoms with Gasteiger partial charge < -0.3 is 10.0 Å².